The Morgan fingerprint density at radius 1 is 0.674 bits per heavy atom. The van der Waals surface area contributed by atoms with Gasteiger partial charge in [0.1, 0.15) is 0 Å². The number of benzene rings is 2. The van der Waals surface area contributed by atoms with Gasteiger partial charge in [-0.25, -0.2) is 9.26 Å². The van der Waals surface area contributed by atoms with E-state index < -0.39 is 0 Å². The number of nitrogens with two attached hydrogens (primary N) is 2. The van der Waals surface area contributed by atoms with Gasteiger partial charge in [0.15, 0.2) is 46.1 Å². The SMILES string of the molecule is COc1ccc(C=NN=C(N)c2nonc2NCNc2nonc2C(N)=NN=Cc2ccc(OC)c(OC)c2)cc1OC. The molecule has 0 bridgehead atoms. The summed E-state index contributed by atoms with van der Waals surface area (Å²) in [5.41, 5.74) is 13.7. The molecule has 0 atom stereocenters. The highest BCUT2D eigenvalue weighted by atomic mass is 16.6. The van der Waals surface area contributed by atoms with E-state index in [-0.39, 0.29) is 41.4 Å². The van der Waals surface area contributed by atoms with Gasteiger partial charge in [-0.15, -0.1) is 10.2 Å². The van der Waals surface area contributed by atoms with E-state index in [0.29, 0.717) is 34.1 Å². The first kappa shape index (κ1) is 29.8. The number of hydrogen-bond acceptors (Lipinski definition) is 16. The zero-order valence-corrected chi connectivity index (χ0v) is 23.5. The Morgan fingerprint density at radius 3 is 1.49 bits per heavy atom. The Hall–Kier alpha value is -6.20. The summed E-state index contributed by atoms with van der Waals surface area (Å²) in [6.45, 7) is 0.0623. The predicted octanol–water partition coefficient (Wildman–Crippen LogP) is 1.45. The highest BCUT2D eigenvalue weighted by molar-refractivity contribution is 6.00. The van der Waals surface area contributed by atoms with Crippen molar-refractivity contribution in [3.05, 3.63) is 58.9 Å². The zero-order valence-electron chi connectivity index (χ0n) is 23.5. The van der Waals surface area contributed by atoms with Gasteiger partial charge in [0.05, 0.1) is 47.5 Å². The molecule has 4 aromatic rings. The molecule has 0 saturated carbocycles. The van der Waals surface area contributed by atoms with E-state index in [4.69, 9.17) is 39.7 Å². The lowest BCUT2D eigenvalue weighted by atomic mass is 10.2. The lowest BCUT2D eigenvalue weighted by Crippen LogP contribution is -2.21. The molecule has 0 unspecified atom stereocenters. The van der Waals surface area contributed by atoms with Gasteiger partial charge in [-0.1, -0.05) is 0 Å². The molecule has 0 fully saturated rings. The fourth-order valence-corrected chi connectivity index (χ4v) is 3.43. The van der Waals surface area contributed by atoms with Gasteiger partial charge in [-0.3, -0.25) is 0 Å². The van der Waals surface area contributed by atoms with Crippen LogP contribution in [-0.4, -0.2) is 79.8 Å². The molecule has 0 spiro atoms. The van der Waals surface area contributed by atoms with Crippen LogP contribution in [0.5, 0.6) is 23.0 Å². The quantitative estimate of drug-likeness (QED) is 0.0701. The summed E-state index contributed by atoms with van der Waals surface area (Å²) in [5, 5.41) is 36.9. The third-order valence-electron chi connectivity index (χ3n) is 5.53. The minimum absolute atomic E-state index is 0.0482. The molecule has 0 aliphatic heterocycles. The van der Waals surface area contributed by atoms with Crippen molar-refractivity contribution < 1.29 is 28.2 Å². The number of amidine groups is 2. The van der Waals surface area contributed by atoms with Crippen molar-refractivity contribution in [2.75, 3.05) is 45.7 Å². The van der Waals surface area contributed by atoms with Crippen LogP contribution in [0.1, 0.15) is 22.5 Å². The van der Waals surface area contributed by atoms with E-state index in [2.05, 4.69) is 51.7 Å². The van der Waals surface area contributed by atoms with E-state index >= 15 is 0 Å². The molecule has 2 heterocycles. The van der Waals surface area contributed by atoms with E-state index in [1.807, 2.05) is 0 Å². The van der Waals surface area contributed by atoms with E-state index in [1.165, 1.54) is 26.6 Å². The molecule has 4 rings (SSSR count). The van der Waals surface area contributed by atoms with Crippen LogP contribution in [0, 0.1) is 0 Å². The van der Waals surface area contributed by atoms with Gasteiger partial charge in [-0.2, -0.15) is 10.2 Å². The fraction of sp³-hybridized carbons (Fsp3) is 0.200. The molecule has 0 saturated heterocycles. The molecule has 0 amide bonds. The number of anilines is 2. The second-order valence-electron chi connectivity index (χ2n) is 8.14. The first-order valence-corrected chi connectivity index (χ1v) is 12.3. The van der Waals surface area contributed by atoms with Gasteiger partial charge < -0.3 is 41.0 Å². The van der Waals surface area contributed by atoms with Crippen molar-refractivity contribution >= 4 is 35.7 Å². The topological polar surface area (TPSA) is 240 Å². The number of ether oxygens (including phenoxy) is 4. The summed E-state index contributed by atoms with van der Waals surface area (Å²) in [6, 6.07) is 10.5. The molecule has 0 aliphatic rings. The third-order valence-corrected chi connectivity index (χ3v) is 5.53. The van der Waals surface area contributed by atoms with Crippen LogP contribution < -0.4 is 41.0 Å². The smallest absolute Gasteiger partial charge is 0.203 e. The lowest BCUT2D eigenvalue weighted by molar-refractivity contribution is 0.307. The average molecular weight is 593 g/mol. The largest absolute Gasteiger partial charge is 0.493 e. The van der Waals surface area contributed by atoms with Crippen LogP contribution in [-0.2, 0) is 0 Å². The van der Waals surface area contributed by atoms with Crippen molar-refractivity contribution in [3.63, 3.8) is 0 Å². The molecule has 0 radical (unpaired) electrons. The molecule has 2 aromatic heterocycles. The summed E-state index contributed by atoms with van der Waals surface area (Å²) in [4.78, 5) is 0. The van der Waals surface area contributed by atoms with Crippen molar-refractivity contribution in [2.45, 2.75) is 0 Å². The molecular formula is C25H28N12O6. The highest BCUT2D eigenvalue weighted by Gasteiger charge is 2.16. The molecule has 18 heteroatoms. The van der Waals surface area contributed by atoms with Gasteiger partial charge in [0.25, 0.3) is 0 Å². The minimum atomic E-state index is -0.0482. The minimum Gasteiger partial charge on any atom is -0.493 e. The molecule has 2 aromatic carbocycles. The molecule has 224 valence electrons. The Morgan fingerprint density at radius 2 is 1.09 bits per heavy atom. The maximum absolute atomic E-state index is 6.03. The molecule has 43 heavy (non-hydrogen) atoms. The summed E-state index contributed by atoms with van der Waals surface area (Å²) in [7, 11) is 6.18. The Labute approximate surface area is 244 Å². The Balaban J connectivity index is 1.35. The fourth-order valence-electron chi connectivity index (χ4n) is 3.43. The predicted molar refractivity (Wildman–Crippen MR) is 156 cm³/mol. The second kappa shape index (κ2) is 14.4. The Bertz CT molecular complexity index is 1530. The van der Waals surface area contributed by atoms with Crippen LogP contribution in [0.4, 0.5) is 11.6 Å². The standard InChI is InChI=1S/C25H28N12O6/c1-38-16-7-5-14(9-18(16)40-3)11-30-32-22(26)20-24(36-42-34-20)28-13-29-25-21(35-43-37-25)23(27)33-31-12-15-6-8-17(39-2)19(10-15)41-4/h5-12H,13H2,1-4H3,(H2,26,32)(H2,27,33)(H,28,36)(H,29,37). The van der Waals surface area contributed by atoms with Crippen LogP contribution in [0.15, 0.2) is 66.1 Å². The molecular weight excluding hydrogens is 564 g/mol. The van der Waals surface area contributed by atoms with Crippen LogP contribution >= 0.6 is 0 Å². The van der Waals surface area contributed by atoms with E-state index in [0.717, 1.165) is 0 Å². The van der Waals surface area contributed by atoms with Gasteiger partial charge >= 0.3 is 0 Å². The average Bonchev–Trinajstić information content (AvgIpc) is 3.71. The van der Waals surface area contributed by atoms with Gasteiger partial charge in [0.2, 0.25) is 11.6 Å². The van der Waals surface area contributed by atoms with Crippen LogP contribution in [0.25, 0.3) is 0 Å². The lowest BCUT2D eigenvalue weighted by Gasteiger charge is -2.07. The van der Waals surface area contributed by atoms with Crippen molar-refractivity contribution in [1.29, 1.82) is 0 Å². The number of aromatic nitrogens is 4. The number of nitrogens with one attached hydrogen (secondary N) is 2. The maximum atomic E-state index is 6.03. The number of nitrogens with zero attached hydrogens (tertiary/aromatic N) is 8. The molecule has 0 aliphatic carbocycles. The second-order valence-corrected chi connectivity index (χ2v) is 8.14. The monoisotopic (exact) mass is 592 g/mol. The summed E-state index contributed by atoms with van der Waals surface area (Å²) in [5.74, 6) is 2.55. The number of hydrogen-bond donors (Lipinski definition) is 4. The molecule has 18 nitrogen and oxygen atoms in total. The van der Waals surface area contributed by atoms with Crippen LogP contribution in [0.2, 0.25) is 0 Å². The van der Waals surface area contributed by atoms with E-state index in [1.54, 1.807) is 50.6 Å². The number of methoxy groups -OCH3 is 4. The van der Waals surface area contributed by atoms with Crippen molar-refractivity contribution in [1.82, 2.24) is 20.6 Å². The normalized spacial score (nSPS) is 12.1. The first-order chi connectivity index (χ1) is 21.0. The Kier molecular flexibility index (Phi) is 10.00. The first-order valence-electron chi connectivity index (χ1n) is 12.3. The highest BCUT2D eigenvalue weighted by Crippen LogP contribution is 2.27. The van der Waals surface area contributed by atoms with Crippen molar-refractivity contribution in [3.8, 4) is 23.0 Å². The third kappa shape index (κ3) is 7.51. The van der Waals surface area contributed by atoms with Gasteiger partial charge in [-0.05, 0) is 68.2 Å². The van der Waals surface area contributed by atoms with Crippen LogP contribution in [0.3, 0.4) is 0 Å². The van der Waals surface area contributed by atoms with Crippen molar-refractivity contribution in [2.24, 2.45) is 31.9 Å². The summed E-state index contributed by atoms with van der Waals surface area (Å²) < 4.78 is 30.6. The van der Waals surface area contributed by atoms with Gasteiger partial charge in [0, 0.05) is 0 Å². The number of rotatable bonds is 14. The zero-order chi connectivity index (χ0) is 30.6. The molecule has 6 N–H and O–H groups in total. The summed E-state index contributed by atoms with van der Waals surface area (Å²) >= 11 is 0. The maximum Gasteiger partial charge on any atom is 0.203 e. The summed E-state index contributed by atoms with van der Waals surface area (Å²) in [6.07, 6.45) is 2.97. The van der Waals surface area contributed by atoms with E-state index in [9.17, 15) is 0 Å².